The van der Waals surface area contributed by atoms with Gasteiger partial charge in [0.25, 0.3) is 0 Å². The van der Waals surface area contributed by atoms with Crippen molar-refractivity contribution in [3.8, 4) is 17.2 Å². The molecule has 0 unspecified atom stereocenters. The second kappa shape index (κ2) is 13.6. The maximum absolute atomic E-state index is 5.65. The predicted molar refractivity (Wildman–Crippen MR) is 221 cm³/mol. The summed E-state index contributed by atoms with van der Waals surface area (Å²) in [5, 5.41) is 4.73. The van der Waals surface area contributed by atoms with Crippen LogP contribution in [-0.4, -0.2) is 18.8 Å². The monoisotopic (exact) mass is 687 g/mol. The third kappa shape index (κ3) is 5.88. The van der Waals surface area contributed by atoms with Gasteiger partial charge in [0.1, 0.15) is 11.5 Å². The van der Waals surface area contributed by atoms with Crippen molar-refractivity contribution in [1.29, 1.82) is 0 Å². The number of rotatable bonds is 9. The summed E-state index contributed by atoms with van der Waals surface area (Å²) in [5.41, 5.74) is 9.70. The maximum Gasteiger partial charge on any atom is 0.120 e. The zero-order valence-electron chi connectivity index (χ0n) is 29.6. The summed E-state index contributed by atoms with van der Waals surface area (Å²) in [6.07, 6.45) is 0. The summed E-state index contributed by atoms with van der Waals surface area (Å²) < 4.78 is 13.7. The van der Waals surface area contributed by atoms with Gasteiger partial charge in [-0.15, -0.1) is 0 Å². The average Bonchev–Trinajstić information content (AvgIpc) is 3.53. The van der Waals surface area contributed by atoms with E-state index in [1.807, 2.05) is 30.3 Å². The molecule has 0 amide bonds. The molecule has 5 heteroatoms. The first kappa shape index (κ1) is 32.0. The van der Waals surface area contributed by atoms with Crippen molar-refractivity contribution in [3.05, 3.63) is 188 Å². The van der Waals surface area contributed by atoms with Crippen molar-refractivity contribution < 1.29 is 9.47 Å². The van der Waals surface area contributed by atoms with Gasteiger partial charge in [-0.25, -0.2) is 0 Å². The molecule has 0 N–H and O–H groups in total. The van der Waals surface area contributed by atoms with Crippen LogP contribution in [0.3, 0.4) is 0 Å². The Hall–Kier alpha value is -6.98. The van der Waals surface area contributed by atoms with E-state index in [0.29, 0.717) is 0 Å². The van der Waals surface area contributed by atoms with Gasteiger partial charge in [-0.3, -0.25) is 0 Å². The van der Waals surface area contributed by atoms with E-state index in [1.54, 1.807) is 14.2 Å². The maximum atomic E-state index is 5.65. The molecule has 0 spiro atoms. The van der Waals surface area contributed by atoms with E-state index in [-0.39, 0.29) is 0 Å². The summed E-state index contributed by atoms with van der Waals surface area (Å²) >= 11 is 0. The van der Waals surface area contributed by atoms with Crippen LogP contribution in [0.15, 0.2) is 188 Å². The van der Waals surface area contributed by atoms with Crippen molar-refractivity contribution >= 4 is 66.7 Å². The van der Waals surface area contributed by atoms with Crippen LogP contribution in [0.2, 0.25) is 0 Å². The Balaban J connectivity index is 1.26. The summed E-state index contributed by atoms with van der Waals surface area (Å²) in [6.45, 7) is 0. The van der Waals surface area contributed by atoms with E-state index in [4.69, 9.17) is 9.47 Å². The van der Waals surface area contributed by atoms with E-state index in [2.05, 4.69) is 172 Å². The number of aromatic nitrogens is 1. The van der Waals surface area contributed by atoms with Crippen LogP contribution >= 0.6 is 0 Å². The number of anilines is 6. The summed E-state index contributed by atoms with van der Waals surface area (Å²) in [6, 6.07) is 66.3. The molecule has 1 heterocycles. The lowest BCUT2D eigenvalue weighted by Crippen LogP contribution is -2.10. The fraction of sp³-hybridized carbons (Fsp3) is 0.0417. The fourth-order valence-electron chi connectivity index (χ4n) is 7.42. The first-order valence-electron chi connectivity index (χ1n) is 17.7. The molecule has 8 aromatic carbocycles. The van der Waals surface area contributed by atoms with Crippen LogP contribution in [0, 0.1) is 0 Å². The molecule has 0 atom stereocenters. The van der Waals surface area contributed by atoms with Crippen molar-refractivity contribution in [2.75, 3.05) is 24.0 Å². The number of fused-ring (bicyclic) bond motifs is 4. The standard InChI is InChI=1S/C48H37N3O2/c1-52-43-22-12-20-39(31-43)49(36-14-6-3-7-15-36)41-25-24-34-29-46-45-27-26-42(50(37-16-8-4-9-17-37)40-21-13-23-44(32-40)53-2)33-48(45)51(38-18-10-5-11-19-38)47(46)30-35(34)28-41/h3-33H,1-2H3. The van der Waals surface area contributed by atoms with E-state index >= 15 is 0 Å². The molecular weight excluding hydrogens is 651 g/mol. The molecule has 9 rings (SSSR count). The highest BCUT2D eigenvalue weighted by atomic mass is 16.5. The zero-order chi connectivity index (χ0) is 35.7. The molecule has 0 saturated heterocycles. The molecule has 1 aromatic heterocycles. The highest BCUT2D eigenvalue weighted by molar-refractivity contribution is 6.14. The smallest absolute Gasteiger partial charge is 0.120 e. The van der Waals surface area contributed by atoms with Crippen LogP contribution in [0.5, 0.6) is 11.5 Å². The Labute approximate surface area is 309 Å². The Morgan fingerprint density at radius 1 is 0.358 bits per heavy atom. The van der Waals surface area contributed by atoms with Gasteiger partial charge in [0.2, 0.25) is 0 Å². The lowest BCUT2D eigenvalue weighted by Gasteiger charge is -2.26. The van der Waals surface area contributed by atoms with E-state index < -0.39 is 0 Å². The summed E-state index contributed by atoms with van der Waals surface area (Å²) in [4.78, 5) is 4.57. The van der Waals surface area contributed by atoms with Crippen LogP contribution < -0.4 is 19.3 Å². The normalized spacial score (nSPS) is 11.2. The van der Waals surface area contributed by atoms with Gasteiger partial charge in [-0.2, -0.15) is 0 Å². The van der Waals surface area contributed by atoms with Gasteiger partial charge in [-0.1, -0.05) is 78.9 Å². The molecule has 5 nitrogen and oxygen atoms in total. The van der Waals surface area contributed by atoms with Crippen molar-refractivity contribution in [2.24, 2.45) is 0 Å². The van der Waals surface area contributed by atoms with Crippen LogP contribution in [0.4, 0.5) is 34.1 Å². The minimum Gasteiger partial charge on any atom is -0.497 e. The van der Waals surface area contributed by atoms with E-state index in [0.717, 1.165) is 67.7 Å². The lowest BCUT2D eigenvalue weighted by atomic mass is 10.0. The minimum absolute atomic E-state index is 0.811. The molecule has 53 heavy (non-hydrogen) atoms. The third-order valence-electron chi connectivity index (χ3n) is 9.87. The number of ether oxygens (including phenoxy) is 2. The topological polar surface area (TPSA) is 29.9 Å². The van der Waals surface area contributed by atoms with Gasteiger partial charge in [0.15, 0.2) is 0 Å². The first-order chi connectivity index (χ1) is 26.2. The summed E-state index contributed by atoms with van der Waals surface area (Å²) in [7, 11) is 3.42. The van der Waals surface area contributed by atoms with Crippen molar-refractivity contribution in [3.63, 3.8) is 0 Å². The number of hydrogen-bond donors (Lipinski definition) is 0. The van der Waals surface area contributed by atoms with Crippen molar-refractivity contribution in [1.82, 2.24) is 4.57 Å². The molecule has 0 radical (unpaired) electrons. The van der Waals surface area contributed by atoms with Gasteiger partial charge in [0, 0.05) is 62.7 Å². The Kier molecular flexibility index (Phi) is 8.22. The number of hydrogen-bond acceptors (Lipinski definition) is 4. The summed E-state index contributed by atoms with van der Waals surface area (Å²) in [5.74, 6) is 1.63. The van der Waals surface area contributed by atoms with E-state index in [1.165, 1.54) is 16.2 Å². The lowest BCUT2D eigenvalue weighted by molar-refractivity contribution is 0.415. The molecule has 0 aliphatic rings. The highest BCUT2D eigenvalue weighted by Crippen LogP contribution is 2.43. The first-order valence-corrected chi connectivity index (χ1v) is 17.7. The fourth-order valence-corrected chi connectivity index (χ4v) is 7.42. The molecule has 0 aliphatic heterocycles. The van der Waals surface area contributed by atoms with Gasteiger partial charge < -0.3 is 23.8 Å². The number of methoxy groups -OCH3 is 2. The van der Waals surface area contributed by atoms with Crippen LogP contribution in [-0.2, 0) is 0 Å². The predicted octanol–water partition coefficient (Wildman–Crippen LogP) is 12.9. The number of nitrogens with zero attached hydrogens (tertiary/aromatic N) is 3. The van der Waals surface area contributed by atoms with Crippen LogP contribution in [0.1, 0.15) is 0 Å². The number of benzene rings is 8. The Bertz CT molecular complexity index is 2710. The van der Waals surface area contributed by atoms with Crippen molar-refractivity contribution in [2.45, 2.75) is 0 Å². The molecule has 0 saturated carbocycles. The Morgan fingerprint density at radius 2 is 0.849 bits per heavy atom. The largest absolute Gasteiger partial charge is 0.497 e. The average molecular weight is 688 g/mol. The second-order valence-corrected chi connectivity index (χ2v) is 13.0. The number of para-hydroxylation sites is 3. The molecule has 0 fully saturated rings. The third-order valence-corrected chi connectivity index (χ3v) is 9.87. The van der Waals surface area contributed by atoms with Gasteiger partial charge in [-0.05, 0) is 108 Å². The molecule has 9 aromatic rings. The second-order valence-electron chi connectivity index (χ2n) is 13.0. The van der Waals surface area contributed by atoms with Gasteiger partial charge >= 0.3 is 0 Å². The van der Waals surface area contributed by atoms with E-state index in [9.17, 15) is 0 Å². The van der Waals surface area contributed by atoms with Gasteiger partial charge in [0.05, 0.1) is 25.3 Å². The Morgan fingerprint density at radius 3 is 1.43 bits per heavy atom. The molecule has 0 bridgehead atoms. The SMILES string of the molecule is COc1cccc(N(c2ccccc2)c2ccc3cc4c5ccc(N(c6ccccc6)c6cccc(OC)c6)cc5n(-c5ccccc5)c4cc3c2)c1. The molecular formula is C48H37N3O2. The highest BCUT2D eigenvalue weighted by Gasteiger charge is 2.19. The zero-order valence-corrected chi connectivity index (χ0v) is 29.6. The quantitative estimate of drug-likeness (QED) is 0.151. The van der Waals surface area contributed by atoms with Crippen LogP contribution in [0.25, 0.3) is 38.3 Å². The molecule has 256 valence electrons. The minimum atomic E-state index is 0.811. The molecule has 0 aliphatic carbocycles.